The highest BCUT2D eigenvalue weighted by Crippen LogP contribution is 2.36. The van der Waals surface area contributed by atoms with Crippen LogP contribution in [-0.4, -0.2) is 45.0 Å². The number of hydrogen-bond donors (Lipinski definition) is 1. The number of carbonyl (C=O) groups excluding carboxylic acids is 1. The van der Waals surface area contributed by atoms with E-state index in [1.807, 2.05) is 32.7 Å². The van der Waals surface area contributed by atoms with Crippen LogP contribution in [0.2, 0.25) is 0 Å². The number of alkyl halides is 3. The van der Waals surface area contributed by atoms with Gasteiger partial charge in [0, 0.05) is 13.5 Å². The second kappa shape index (κ2) is 11.4. The summed E-state index contributed by atoms with van der Waals surface area (Å²) in [6, 6.07) is -0.295. The number of carbonyl (C=O) groups is 1. The minimum absolute atomic E-state index is 0. The Morgan fingerprint density at radius 3 is 2.37 bits per heavy atom. The molecule has 1 N–H and O–H groups in total. The quantitative estimate of drug-likeness (QED) is 0.611. The van der Waals surface area contributed by atoms with Crippen molar-refractivity contribution in [3.8, 4) is 5.88 Å². The summed E-state index contributed by atoms with van der Waals surface area (Å²) in [4.78, 5) is 30.7. The molecule has 2 aromatic heterocycles. The van der Waals surface area contributed by atoms with Crippen molar-refractivity contribution < 1.29 is 22.7 Å². The number of nitrogens with one attached hydrogen (secondary N) is 1. The smallest absolute Gasteiger partial charge is 0.434 e. The molecule has 1 saturated carbocycles. The normalized spacial score (nSPS) is 21.0. The van der Waals surface area contributed by atoms with Gasteiger partial charge in [0.15, 0.2) is 11.5 Å². The van der Waals surface area contributed by atoms with Gasteiger partial charge in [0.1, 0.15) is 23.7 Å². The van der Waals surface area contributed by atoms with Gasteiger partial charge < -0.3 is 15.0 Å². The number of nitrogens with zero attached hydrogens (tertiary/aromatic N) is 5. The van der Waals surface area contributed by atoms with Crippen molar-refractivity contribution in [3.05, 3.63) is 29.6 Å². The molecule has 0 aromatic carbocycles. The van der Waals surface area contributed by atoms with Gasteiger partial charge in [-0.1, -0.05) is 28.7 Å². The van der Waals surface area contributed by atoms with E-state index in [1.54, 1.807) is 0 Å². The number of ether oxygens (including phenoxy) is 1. The fourth-order valence-electron chi connectivity index (χ4n) is 4.25. The predicted molar refractivity (Wildman–Crippen MR) is 134 cm³/mol. The fourth-order valence-corrected chi connectivity index (χ4v) is 4.25. The van der Waals surface area contributed by atoms with Gasteiger partial charge in [0.2, 0.25) is 11.8 Å². The molecule has 2 aliphatic rings. The fraction of sp³-hybridized carbons (Fsp3) is 0.609. The van der Waals surface area contributed by atoms with Crippen molar-refractivity contribution in [2.24, 2.45) is 11.8 Å². The summed E-state index contributed by atoms with van der Waals surface area (Å²) in [5.74, 6) is 1.87. The number of hydrogen-bond acceptors (Lipinski definition) is 7. The highest BCUT2D eigenvalue weighted by Gasteiger charge is 2.37. The highest BCUT2D eigenvalue weighted by atomic mass is 32.1. The maximum Gasteiger partial charge on any atom is 0.434 e. The maximum absolute atomic E-state index is 12.6. The lowest BCUT2D eigenvalue weighted by molar-refractivity contribution is -0.141. The zero-order valence-corrected chi connectivity index (χ0v) is 19.8. The van der Waals surface area contributed by atoms with Crippen LogP contribution in [0.25, 0.3) is 0 Å². The first-order valence-corrected chi connectivity index (χ1v) is 10.5. The van der Waals surface area contributed by atoms with Crippen molar-refractivity contribution in [1.82, 2.24) is 19.9 Å². The third-order valence-electron chi connectivity index (χ3n) is 5.89. The molecule has 1 atom stereocenters. The summed E-state index contributed by atoms with van der Waals surface area (Å²) >= 11 is 0. The van der Waals surface area contributed by atoms with Gasteiger partial charge >= 0.3 is 6.18 Å². The SMILES string of the molecule is C.C.Cc1nc(CC2CC(Oc3cnc(C(F)(F)F)cn3)C2)nc2c1NC(=O)[C@H](C(C)C)N2C.S. The van der Waals surface area contributed by atoms with Crippen LogP contribution >= 0.6 is 13.5 Å². The molecule has 4 rings (SSSR count). The molecular formula is C23H35F3N6O2S. The summed E-state index contributed by atoms with van der Waals surface area (Å²) in [7, 11) is 1.87. The Balaban J connectivity index is 0.00000204. The average Bonchev–Trinajstić information content (AvgIpc) is 2.67. The first kappa shape index (κ1) is 30.4. The third-order valence-corrected chi connectivity index (χ3v) is 5.89. The number of fused-ring (bicyclic) bond motifs is 1. The Hall–Kier alpha value is -2.63. The van der Waals surface area contributed by atoms with Crippen molar-refractivity contribution in [2.75, 3.05) is 17.3 Å². The van der Waals surface area contributed by atoms with Crippen molar-refractivity contribution >= 4 is 30.9 Å². The molecule has 1 fully saturated rings. The Morgan fingerprint density at radius 1 is 1.17 bits per heavy atom. The van der Waals surface area contributed by atoms with E-state index in [-0.39, 0.29) is 58.2 Å². The van der Waals surface area contributed by atoms with Crippen LogP contribution in [-0.2, 0) is 17.4 Å². The van der Waals surface area contributed by atoms with Crippen molar-refractivity contribution in [3.63, 3.8) is 0 Å². The highest BCUT2D eigenvalue weighted by molar-refractivity contribution is 7.59. The maximum atomic E-state index is 12.6. The molecule has 8 nitrogen and oxygen atoms in total. The van der Waals surface area contributed by atoms with Gasteiger partial charge in [0.05, 0.1) is 18.1 Å². The lowest BCUT2D eigenvalue weighted by Crippen LogP contribution is -2.50. The number of aryl methyl sites for hydroxylation is 1. The number of anilines is 2. The van der Waals surface area contributed by atoms with Crippen LogP contribution < -0.4 is 15.0 Å². The minimum atomic E-state index is -4.52. The molecule has 1 aliphatic carbocycles. The number of amides is 1. The van der Waals surface area contributed by atoms with E-state index < -0.39 is 11.9 Å². The van der Waals surface area contributed by atoms with E-state index in [4.69, 9.17) is 9.72 Å². The zero-order chi connectivity index (χ0) is 23.2. The summed E-state index contributed by atoms with van der Waals surface area (Å²) in [6.07, 6.45) is -0.868. The minimum Gasteiger partial charge on any atom is -0.473 e. The van der Waals surface area contributed by atoms with Gasteiger partial charge in [-0.15, -0.1) is 0 Å². The van der Waals surface area contributed by atoms with E-state index >= 15 is 0 Å². The molecular weight excluding hydrogens is 481 g/mol. The van der Waals surface area contributed by atoms with Crippen molar-refractivity contribution in [1.29, 1.82) is 0 Å². The molecule has 12 heteroatoms. The number of likely N-dealkylation sites (N-methyl/N-ethyl adjacent to an activating group) is 1. The number of rotatable bonds is 5. The van der Waals surface area contributed by atoms with Gasteiger partial charge in [-0.05, 0) is 31.6 Å². The third kappa shape index (κ3) is 6.33. The molecule has 1 aliphatic heterocycles. The standard InChI is InChI=1S/C21H25F3N6O2.2CH4.H2S/c1-10(2)18-20(31)29-17-11(3)27-15(28-19(17)30(18)4)7-12-5-13(6-12)32-16-9-25-14(8-26-16)21(22,23)24;;;/h8-10,12-13,18H,5-7H2,1-4H3,(H,29,31);2*1H4;1H2/t12?,13?,18-;;;/m0.../s1. The summed E-state index contributed by atoms with van der Waals surface area (Å²) in [5, 5.41) is 2.94. The first-order chi connectivity index (χ1) is 15.0. The lowest BCUT2D eigenvalue weighted by atomic mass is 9.80. The van der Waals surface area contributed by atoms with Gasteiger partial charge in [-0.25, -0.2) is 19.9 Å². The first-order valence-electron chi connectivity index (χ1n) is 10.5. The van der Waals surface area contributed by atoms with Crippen LogP contribution in [0.3, 0.4) is 0 Å². The summed E-state index contributed by atoms with van der Waals surface area (Å²) in [5.41, 5.74) is 0.325. The second-order valence-corrected chi connectivity index (χ2v) is 8.73. The Kier molecular flexibility index (Phi) is 9.91. The monoisotopic (exact) mass is 516 g/mol. The molecule has 0 bridgehead atoms. The molecule has 0 saturated heterocycles. The van der Waals surface area contributed by atoms with Crippen molar-refractivity contribution in [2.45, 2.75) is 73.2 Å². The Morgan fingerprint density at radius 2 is 1.83 bits per heavy atom. The predicted octanol–water partition coefficient (Wildman–Crippen LogP) is 4.79. The zero-order valence-electron chi connectivity index (χ0n) is 18.8. The largest absolute Gasteiger partial charge is 0.473 e. The second-order valence-electron chi connectivity index (χ2n) is 8.73. The summed E-state index contributed by atoms with van der Waals surface area (Å²) in [6.45, 7) is 5.84. The summed E-state index contributed by atoms with van der Waals surface area (Å²) < 4.78 is 43.4. The van der Waals surface area contributed by atoms with E-state index in [2.05, 4.69) is 20.3 Å². The van der Waals surface area contributed by atoms with E-state index in [0.717, 1.165) is 30.6 Å². The molecule has 1 amide bonds. The molecule has 3 heterocycles. The van der Waals surface area contributed by atoms with Crippen LogP contribution in [0.1, 0.15) is 58.8 Å². The molecule has 196 valence electrons. The van der Waals surface area contributed by atoms with Crippen LogP contribution in [0.5, 0.6) is 5.88 Å². The topological polar surface area (TPSA) is 93.1 Å². The van der Waals surface area contributed by atoms with Gasteiger partial charge in [0.25, 0.3) is 0 Å². The molecule has 0 unspecified atom stereocenters. The van der Waals surface area contributed by atoms with E-state index in [1.165, 1.54) is 0 Å². The van der Waals surface area contributed by atoms with Crippen LogP contribution in [0, 0.1) is 18.8 Å². The molecule has 0 radical (unpaired) electrons. The van der Waals surface area contributed by atoms with Gasteiger partial charge in [-0.2, -0.15) is 26.7 Å². The van der Waals surface area contributed by atoms with Crippen LogP contribution in [0.4, 0.5) is 24.7 Å². The Bertz CT molecular complexity index is 1010. The molecule has 35 heavy (non-hydrogen) atoms. The Labute approximate surface area is 211 Å². The number of aromatic nitrogens is 4. The molecule has 0 spiro atoms. The van der Waals surface area contributed by atoms with E-state index in [9.17, 15) is 18.0 Å². The van der Waals surface area contributed by atoms with Crippen LogP contribution in [0.15, 0.2) is 12.4 Å². The average molecular weight is 517 g/mol. The molecule has 2 aromatic rings. The van der Waals surface area contributed by atoms with E-state index in [0.29, 0.717) is 30.0 Å². The lowest BCUT2D eigenvalue weighted by Gasteiger charge is -2.37. The number of halogens is 3. The van der Waals surface area contributed by atoms with Gasteiger partial charge in [-0.3, -0.25) is 4.79 Å².